The van der Waals surface area contributed by atoms with Crippen molar-refractivity contribution in [3.8, 4) is 11.3 Å². The quantitative estimate of drug-likeness (QED) is 0.538. The number of H-pyrrole nitrogens is 1. The summed E-state index contributed by atoms with van der Waals surface area (Å²) in [6.07, 6.45) is 5.11. The topological polar surface area (TPSA) is 115 Å². The highest BCUT2D eigenvalue weighted by atomic mass is 16.2. The maximum absolute atomic E-state index is 12.5. The molecule has 0 amide bonds. The van der Waals surface area contributed by atoms with Gasteiger partial charge in [0.2, 0.25) is 5.95 Å². The molecule has 0 spiro atoms. The first-order valence-electron chi connectivity index (χ1n) is 8.64. The molecule has 0 fully saturated rings. The second kappa shape index (κ2) is 7.06. The minimum absolute atomic E-state index is 0.247. The predicted octanol–water partition coefficient (Wildman–Crippen LogP) is 0.504. The summed E-state index contributed by atoms with van der Waals surface area (Å²) in [5.41, 5.74) is 0.827. The molecule has 28 heavy (non-hydrogen) atoms. The third-order valence-electron chi connectivity index (χ3n) is 4.31. The molecule has 10 heteroatoms. The summed E-state index contributed by atoms with van der Waals surface area (Å²) >= 11 is 0. The number of benzene rings is 1. The number of anilines is 1. The number of nitrogens with one attached hydrogen (secondary N) is 1. The van der Waals surface area contributed by atoms with E-state index in [1.807, 2.05) is 19.0 Å². The first kappa shape index (κ1) is 17.6. The van der Waals surface area contributed by atoms with E-state index in [4.69, 9.17) is 0 Å². The Balaban J connectivity index is 1.54. The van der Waals surface area contributed by atoms with E-state index in [1.54, 1.807) is 47.5 Å². The van der Waals surface area contributed by atoms with E-state index in [0.29, 0.717) is 29.0 Å². The van der Waals surface area contributed by atoms with Crippen LogP contribution in [0.1, 0.15) is 0 Å². The first-order chi connectivity index (χ1) is 13.5. The second-order valence-corrected chi connectivity index (χ2v) is 6.48. The van der Waals surface area contributed by atoms with Gasteiger partial charge in [-0.2, -0.15) is 0 Å². The van der Waals surface area contributed by atoms with Gasteiger partial charge in [-0.1, -0.05) is 17.3 Å². The van der Waals surface area contributed by atoms with Crippen LogP contribution in [0.25, 0.3) is 22.0 Å². The second-order valence-electron chi connectivity index (χ2n) is 6.48. The van der Waals surface area contributed by atoms with Gasteiger partial charge in [-0.25, -0.2) is 14.6 Å². The Morgan fingerprint density at radius 2 is 1.75 bits per heavy atom. The van der Waals surface area contributed by atoms with E-state index in [-0.39, 0.29) is 17.7 Å². The molecule has 0 atom stereocenters. The van der Waals surface area contributed by atoms with Gasteiger partial charge in [0.1, 0.15) is 5.69 Å². The van der Waals surface area contributed by atoms with Crippen molar-refractivity contribution < 1.29 is 0 Å². The average Bonchev–Trinajstić information content (AvgIpc) is 3.19. The Labute approximate surface area is 159 Å². The summed E-state index contributed by atoms with van der Waals surface area (Å²) in [5.74, 6) is 0.607. The van der Waals surface area contributed by atoms with Crippen LogP contribution in [0, 0.1) is 0 Å². The van der Waals surface area contributed by atoms with Crippen LogP contribution in [0.3, 0.4) is 0 Å². The van der Waals surface area contributed by atoms with Crippen molar-refractivity contribution in [2.24, 2.45) is 0 Å². The average molecular weight is 378 g/mol. The number of nitrogens with zero attached hydrogens (tertiary/aromatic N) is 7. The minimum atomic E-state index is -0.299. The van der Waals surface area contributed by atoms with Gasteiger partial charge in [-0.3, -0.25) is 19.4 Å². The van der Waals surface area contributed by atoms with Gasteiger partial charge in [-0.05, 0) is 12.1 Å². The lowest BCUT2D eigenvalue weighted by Crippen LogP contribution is -2.31. The number of hydrogen-bond donors (Lipinski definition) is 1. The standard InChI is InChI=1S/C18H18N8O2/c1-24(2)18-19-9-12(10-20-18)15-11-25(23-21-15)7-8-26-17(28)14-6-4-3-5-13(14)16(27)22-26/h3-6,9-11H,7-8H2,1-2H3,(H,22,27). The molecule has 4 aromatic rings. The zero-order chi connectivity index (χ0) is 19.7. The van der Waals surface area contributed by atoms with Crippen LogP contribution in [0.4, 0.5) is 5.95 Å². The van der Waals surface area contributed by atoms with Crippen LogP contribution in [-0.4, -0.2) is 48.8 Å². The molecule has 1 N–H and O–H groups in total. The molecular weight excluding hydrogens is 360 g/mol. The van der Waals surface area contributed by atoms with Crippen LogP contribution < -0.4 is 16.0 Å². The first-order valence-corrected chi connectivity index (χ1v) is 8.64. The molecule has 0 saturated heterocycles. The Kier molecular flexibility index (Phi) is 4.44. The van der Waals surface area contributed by atoms with Crippen LogP contribution in [0.5, 0.6) is 0 Å². The molecule has 0 aliphatic rings. The Morgan fingerprint density at radius 3 is 2.46 bits per heavy atom. The Morgan fingerprint density at radius 1 is 1.04 bits per heavy atom. The van der Waals surface area contributed by atoms with E-state index in [0.717, 1.165) is 5.56 Å². The van der Waals surface area contributed by atoms with E-state index < -0.39 is 0 Å². The maximum atomic E-state index is 12.5. The van der Waals surface area contributed by atoms with Crippen molar-refractivity contribution in [1.82, 2.24) is 34.7 Å². The van der Waals surface area contributed by atoms with E-state index in [9.17, 15) is 9.59 Å². The summed E-state index contributed by atoms with van der Waals surface area (Å²) in [5, 5.41) is 11.6. The SMILES string of the molecule is CN(C)c1ncc(-c2cn(CCn3[nH]c(=O)c4ccccc4c3=O)nn2)cn1. The predicted molar refractivity (Wildman–Crippen MR) is 104 cm³/mol. The number of aryl methyl sites for hydroxylation is 2. The van der Waals surface area contributed by atoms with Gasteiger partial charge in [0.15, 0.2) is 0 Å². The molecule has 0 aliphatic carbocycles. The number of rotatable bonds is 5. The van der Waals surface area contributed by atoms with Crippen LogP contribution in [-0.2, 0) is 13.1 Å². The normalized spacial score (nSPS) is 11.1. The highest BCUT2D eigenvalue weighted by molar-refractivity contribution is 5.80. The van der Waals surface area contributed by atoms with Crippen LogP contribution >= 0.6 is 0 Å². The fourth-order valence-corrected chi connectivity index (χ4v) is 2.83. The third-order valence-corrected chi connectivity index (χ3v) is 4.31. The Bertz CT molecular complexity index is 1240. The minimum Gasteiger partial charge on any atom is -0.347 e. The van der Waals surface area contributed by atoms with Gasteiger partial charge in [-0.15, -0.1) is 5.10 Å². The molecule has 1 aromatic carbocycles. The molecule has 3 heterocycles. The van der Waals surface area contributed by atoms with E-state index >= 15 is 0 Å². The third kappa shape index (κ3) is 3.27. The van der Waals surface area contributed by atoms with Crippen molar-refractivity contribution >= 4 is 16.7 Å². The highest BCUT2D eigenvalue weighted by Gasteiger charge is 2.09. The van der Waals surface area contributed by atoms with Crippen molar-refractivity contribution in [1.29, 1.82) is 0 Å². The molecule has 0 radical (unpaired) electrons. The molecule has 142 valence electrons. The smallest absolute Gasteiger partial charge is 0.273 e. The van der Waals surface area contributed by atoms with Crippen molar-refractivity contribution in [2.45, 2.75) is 13.1 Å². The molecule has 0 aliphatic heterocycles. The van der Waals surface area contributed by atoms with E-state index in [1.165, 1.54) is 4.68 Å². The fraction of sp³-hybridized carbons (Fsp3) is 0.222. The molecular formula is C18H18N8O2. The van der Waals surface area contributed by atoms with Crippen LogP contribution in [0.2, 0.25) is 0 Å². The summed E-state index contributed by atoms with van der Waals surface area (Å²) in [6.45, 7) is 0.635. The zero-order valence-corrected chi connectivity index (χ0v) is 15.4. The number of aromatic nitrogens is 7. The monoisotopic (exact) mass is 378 g/mol. The molecule has 4 rings (SSSR count). The molecule has 0 unspecified atom stereocenters. The van der Waals surface area contributed by atoms with Crippen molar-refractivity contribution in [3.63, 3.8) is 0 Å². The van der Waals surface area contributed by atoms with Gasteiger partial charge < -0.3 is 4.90 Å². The maximum Gasteiger partial charge on any atom is 0.273 e. The summed E-state index contributed by atoms with van der Waals surface area (Å²) in [6, 6.07) is 6.75. The molecule has 0 bridgehead atoms. The number of hydrogen-bond acceptors (Lipinski definition) is 7. The highest BCUT2D eigenvalue weighted by Crippen LogP contribution is 2.15. The lowest BCUT2D eigenvalue weighted by molar-refractivity contribution is 0.473. The zero-order valence-electron chi connectivity index (χ0n) is 15.4. The summed E-state index contributed by atoms with van der Waals surface area (Å²) < 4.78 is 2.90. The van der Waals surface area contributed by atoms with Crippen LogP contribution in [0.15, 0.2) is 52.4 Å². The Hall–Kier alpha value is -3.82. The van der Waals surface area contributed by atoms with Gasteiger partial charge in [0.25, 0.3) is 11.1 Å². The van der Waals surface area contributed by atoms with Crippen molar-refractivity contribution in [3.05, 3.63) is 63.6 Å². The number of fused-ring (bicyclic) bond motifs is 1. The lowest BCUT2D eigenvalue weighted by atomic mass is 10.2. The number of aromatic amines is 1. The van der Waals surface area contributed by atoms with E-state index in [2.05, 4.69) is 25.4 Å². The fourth-order valence-electron chi connectivity index (χ4n) is 2.83. The molecule has 10 nitrogen and oxygen atoms in total. The summed E-state index contributed by atoms with van der Waals surface area (Å²) in [4.78, 5) is 35.0. The molecule has 3 aromatic heterocycles. The largest absolute Gasteiger partial charge is 0.347 e. The van der Waals surface area contributed by atoms with Gasteiger partial charge in [0, 0.05) is 32.1 Å². The lowest BCUT2D eigenvalue weighted by Gasteiger charge is -2.08. The molecule has 0 saturated carbocycles. The van der Waals surface area contributed by atoms with Gasteiger partial charge >= 0.3 is 0 Å². The van der Waals surface area contributed by atoms with Gasteiger partial charge in [0.05, 0.1) is 30.1 Å². The van der Waals surface area contributed by atoms with Crippen molar-refractivity contribution in [2.75, 3.05) is 19.0 Å². The summed E-state index contributed by atoms with van der Waals surface area (Å²) in [7, 11) is 3.73.